The Hall–Kier alpha value is -2.32. The van der Waals surface area contributed by atoms with Gasteiger partial charge < -0.3 is 14.4 Å². The van der Waals surface area contributed by atoms with E-state index in [-0.39, 0.29) is 17.5 Å². The summed E-state index contributed by atoms with van der Waals surface area (Å²) in [6, 6.07) is 11.6. The average Bonchev–Trinajstić information content (AvgIpc) is 2.88. The Labute approximate surface area is 237 Å². The first-order valence-electron chi connectivity index (χ1n) is 13.1. The molecule has 5 rings (SSSR count). The number of carbonyl (C=O) groups is 2. The molecule has 0 radical (unpaired) electrons. The average molecular weight is 632 g/mol. The van der Waals surface area contributed by atoms with E-state index in [4.69, 9.17) is 21.1 Å². The second kappa shape index (κ2) is 11.2. The van der Waals surface area contributed by atoms with Gasteiger partial charge in [0.25, 0.3) is 0 Å². The molecule has 0 saturated carbocycles. The lowest BCUT2D eigenvalue weighted by Gasteiger charge is -2.43. The molecule has 37 heavy (non-hydrogen) atoms. The van der Waals surface area contributed by atoms with Crippen LogP contribution in [-0.4, -0.2) is 29.6 Å². The fraction of sp³-hybridized carbons (Fsp3) is 0.400. The van der Waals surface area contributed by atoms with Crippen molar-refractivity contribution in [3.8, 4) is 11.5 Å². The zero-order valence-electron chi connectivity index (χ0n) is 21.2. The standard InChI is InChI=1S/C30H31ClINO4/c1-3-33-22-7-5-9-24(34)28(22)27(29-23(33)8-6-10-25(29)35)19-15-21(32)30(26(16-19)36-4-2)37-17-18-11-13-20(31)14-12-18/h11-16,27H,3-10,17H2,1-2H3. The predicted octanol–water partition coefficient (Wildman–Crippen LogP) is 7.36. The molecule has 2 aromatic rings. The normalized spacial score (nSPS) is 18.2. The summed E-state index contributed by atoms with van der Waals surface area (Å²) in [6.07, 6.45) is 4.51. The van der Waals surface area contributed by atoms with Gasteiger partial charge in [-0.05, 0) is 97.5 Å². The Kier molecular flexibility index (Phi) is 7.96. The Bertz CT molecular complexity index is 1250. The second-order valence-electron chi connectivity index (χ2n) is 9.63. The Morgan fingerprint density at radius 1 is 0.919 bits per heavy atom. The highest BCUT2D eigenvalue weighted by Crippen LogP contribution is 2.50. The Morgan fingerprint density at radius 3 is 2.11 bits per heavy atom. The Morgan fingerprint density at radius 2 is 1.54 bits per heavy atom. The summed E-state index contributed by atoms with van der Waals surface area (Å²) in [5.74, 6) is 1.26. The summed E-state index contributed by atoms with van der Waals surface area (Å²) >= 11 is 8.30. The van der Waals surface area contributed by atoms with Gasteiger partial charge in [0.15, 0.2) is 23.1 Å². The van der Waals surface area contributed by atoms with Crippen molar-refractivity contribution in [2.75, 3.05) is 13.2 Å². The molecule has 1 aliphatic heterocycles. The van der Waals surface area contributed by atoms with Crippen LogP contribution in [-0.2, 0) is 16.2 Å². The molecule has 0 aromatic heterocycles. The zero-order chi connectivity index (χ0) is 26.1. The summed E-state index contributed by atoms with van der Waals surface area (Å²) in [7, 11) is 0. The number of benzene rings is 2. The highest BCUT2D eigenvalue weighted by Gasteiger charge is 2.43. The molecular formula is C30H31ClINO4. The first-order chi connectivity index (χ1) is 17.9. The van der Waals surface area contributed by atoms with Crippen LogP contribution in [0.1, 0.15) is 69.4 Å². The summed E-state index contributed by atoms with van der Waals surface area (Å²) in [5, 5.41) is 0.684. The number of nitrogens with zero attached hydrogens (tertiary/aromatic N) is 1. The van der Waals surface area contributed by atoms with Crippen molar-refractivity contribution < 1.29 is 19.1 Å². The van der Waals surface area contributed by atoms with Crippen LogP contribution in [0.4, 0.5) is 0 Å². The fourth-order valence-electron chi connectivity index (χ4n) is 5.83. The van der Waals surface area contributed by atoms with Gasteiger partial charge in [-0.3, -0.25) is 9.59 Å². The smallest absolute Gasteiger partial charge is 0.174 e. The monoisotopic (exact) mass is 631 g/mol. The van der Waals surface area contributed by atoms with Crippen LogP contribution in [0.3, 0.4) is 0 Å². The number of carbonyl (C=O) groups excluding carboxylic acids is 2. The summed E-state index contributed by atoms with van der Waals surface area (Å²) < 4.78 is 13.2. The molecule has 0 fully saturated rings. The number of allylic oxidation sites excluding steroid dienone is 4. The number of hydrogen-bond donors (Lipinski definition) is 0. The molecule has 5 nitrogen and oxygen atoms in total. The predicted molar refractivity (Wildman–Crippen MR) is 153 cm³/mol. The van der Waals surface area contributed by atoms with Crippen molar-refractivity contribution in [3.05, 3.63) is 78.7 Å². The minimum Gasteiger partial charge on any atom is -0.490 e. The van der Waals surface area contributed by atoms with Gasteiger partial charge in [0.05, 0.1) is 10.2 Å². The maximum atomic E-state index is 13.4. The molecule has 0 amide bonds. The third-order valence-electron chi connectivity index (χ3n) is 7.36. The first kappa shape index (κ1) is 26.3. The molecule has 0 spiro atoms. The summed E-state index contributed by atoms with van der Waals surface area (Å²) in [5.41, 5.74) is 5.74. The number of ketones is 2. The molecular weight excluding hydrogens is 601 g/mol. The van der Waals surface area contributed by atoms with E-state index in [0.29, 0.717) is 42.6 Å². The SMILES string of the molecule is CCOc1cc(C2C3=C(CCCC3=O)N(CC)C3=C2C(=O)CCC3)cc(I)c1OCc1ccc(Cl)cc1. The highest BCUT2D eigenvalue weighted by molar-refractivity contribution is 14.1. The lowest BCUT2D eigenvalue weighted by molar-refractivity contribution is -0.117. The maximum Gasteiger partial charge on any atom is 0.174 e. The lowest BCUT2D eigenvalue weighted by Crippen LogP contribution is -2.39. The van der Waals surface area contributed by atoms with E-state index in [1.807, 2.05) is 37.3 Å². The summed E-state index contributed by atoms with van der Waals surface area (Å²) in [4.78, 5) is 29.1. The largest absolute Gasteiger partial charge is 0.490 e. The Balaban J connectivity index is 1.60. The van der Waals surface area contributed by atoms with Crippen LogP contribution >= 0.6 is 34.2 Å². The zero-order valence-corrected chi connectivity index (χ0v) is 24.2. The molecule has 2 aliphatic carbocycles. The molecule has 0 unspecified atom stereocenters. The van der Waals surface area contributed by atoms with Crippen LogP contribution in [0.2, 0.25) is 5.02 Å². The van der Waals surface area contributed by atoms with E-state index in [9.17, 15) is 9.59 Å². The fourth-order valence-corrected chi connectivity index (χ4v) is 6.73. The molecule has 2 aromatic carbocycles. The molecule has 1 heterocycles. The maximum absolute atomic E-state index is 13.4. The van der Waals surface area contributed by atoms with Crippen molar-refractivity contribution in [3.63, 3.8) is 0 Å². The number of rotatable bonds is 7. The van der Waals surface area contributed by atoms with Crippen LogP contribution in [0.25, 0.3) is 0 Å². The minimum absolute atomic E-state index is 0.158. The van der Waals surface area contributed by atoms with Crippen molar-refractivity contribution in [2.45, 2.75) is 64.9 Å². The van der Waals surface area contributed by atoms with Gasteiger partial charge in [0.1, 0.15) is 6.61 Å². The van der Waals surface area contributed by atoms with Crippen LogP contribution < -0.4 is 9.47 Å². The highest BCUT2D eigenvalue weighted by atomic mass is 127. The molecule has 194 valence electrons. The molecule has 0 saturated heterocycles. The first-order valence-corrected chi connectivity index (χ1v) is 14.5. The van der Waals surface area contributed by atoms with Gasteiger partial charge in [-0.25, -0.2) is 0 Å². The molecule has 0 bridgehead atoms. The number of ether oxygens (including phenoxy) is 2. The van der Waals surface area contributed by atoms with Gasteiger partial charge in [-0.15, -0.1) is 0 Å². The van der Waals surface area contributed by atoms with Crippen LogP contribution in [0.5, 0.6) is 11.5 Å². The van der Waals surface area contributed by atoms with E-state index >= 15 is 0 Å². The third kappa shape index (κ3) is 5.07. The van der Waals surface area contributed by atoms with Crippen LogP contribution in [0, 0.1) is 3.57 Å². The second-order valence-corrected chi connectivity index (χ2v) is 11.2. The van der Waals surface area contributed by atoms with Gasteiger partial charge in [-0.1, -0.05) is 23.7 Å². The van der Waals surface area contributed by atoms with Crippen molar-refractivity contribution in [1.29, 1.82) is 0 Å². The van der Waals surface area contributed by atoms with Crippen LogP contribution in [0.15, 0.2) is 58.9 Å². The van der Waals surface area contributed by atoms with E-state index in [2.05, 4.69) is 40.5 Å². The van der Waals surface area contributed by atoms with Gasteiger partial charge in [0, 0.05) is 52.9 Å². The van der Waals surface area contributed by atoms with Gasteiger partial charge >= 0.3 is 0 Å². The van der Waals surface area contributed by atoms with Crippen molar-refractivity contribution in [1.82, 2.24) is 4.90 Å². The van der Waals surface area contributed by atoms with Gasteiger partial charge in [0.2, 0.25) is 0 Å². The van der Waals surface area contributed by atoms with Crippen molar-refractivity contribution >= 4 is 45.8 Å². The van der Waals surface area contributed by atoms with E-state index in [0.717, 1.165) is 69.5 Å². The quantitative estimate of drug-likeness (QED) is 0.299. The molecule has 0 N–H and O–H groups in total. The summed E-state index contributed by atoms with van der Waals surface area (Å²) in [6.45, 7) is 5.67. The third-order valence-corrected chi connectivity index (χ3v) is 8.42. The molecule has 0 atom stereocenters. The lowest BCUT2D eigenvalue weighted by atomic mass is 9.71. The van der Waals surface area contributed by atoms with E-state index in [1.165, 1.54) is 0 Å². The van der Waals surface area contributed by atoms with Crippen molar-refractivity contribution in [2.24, 2.45) is 0 Å². The van der Waals surface area contributed by atoms with Gasteiger partial charge in [-0.2, -0.15) is 0 Å². The van der Waals surface area contributed by atoms with E-state index in [1.54, 1.807) is 0 Å². The molecule has 3 aliphatic rings. The molecule has 7 heteroatoms. The number of Topliss-reactive ketones (excluding diaryl/α,β-unsaturated/α-hetero) is 2. The minimum atomic E-state index is -0.355. The number of hydrogen-bond acceptors (Lipinski definition) is 5. The van der Waals surface area contributed by atoms with E-state index < -0.39 is 0 Å². The topological polar surface area (TPSA) is 55.8 Å². The number of halogens is 2.